The van der Waals surface area contributed by atoms with E-state index in [1.54, 1.807) is 0 Å². The van der Waals surface area contributed by atoms with Crippen LogP contribution in [0.1, 0.15) is 20.3 Å². The molecule has 0 unspecified atom stereocenters. The lowest BCUT2D eigenvalue weighted by atomic mass is 9.89. The van der Waals surface area contributed by atoms with Crippen molar-refractivity contribution in [2.45, 2.75) is 20.3 Å². The fourth-order valence-corrected chi connectivity index (χ4v) is 1.78. The van der Waals surface area contributed by atoms with Crippen LogP contribution in [-0.4, -0.2) is 22.6 Å². The van der Waals surface area contributed by atoms with Gasteiger partial charge in [-0.25, -0.2) is 4.98 Å². The predicted molar refractivity (Wildman–Crippen MR) is 68.5 cm³/mol. The van der Waals surface area contributed by atoms with Crippen LogP contribution < -0.4 is 5.32 Å². The molecule has 1 aromatic carbocycles. The van der Waals surface area contributed by atoms with Gasteiger partial charge in [-0.05, 0) is 17.5 Å². The molecule has 2 aromatic rings. The molecule has 0 saturated heterocycles. The first-order valence-corrected chi connectivity index (χ1v) is 5.75. The number of aliphatic carboxylic acids is 1. The van der Waals surface area contributed by atoms with Crippen molar-refractivity contribution in [2.24, 2.45) is 5.41 Å². The molecule has 0 atom stereocenters. The SMILES string of the molecule is CC(C)(CNc1ccc2ncoc2c1)CC(=O)O. The van der Waals surface area contributed by atoms with E-state index in [9.17, 15) is 4.79 Å². The van der Waals surface area contributed by atoms with Gasteiger partial charge in [-0.3, -0.25) is 4.79 Å². The van der Waals surface area contributed by atoms with Gasteiger partial charge in [0.25, 0.3) is 0 Å². The molecule has 0 saturated carbocycles. The molecule has 5 heteroatoms. The first-order chi connectivity index (χ1) is 8.46. The number of rotatable bonds is 5. The Morgan fingerprint density at radius 3 is 3.00 bits per heavy atom. The molecular formula is C13H16N2O3. The van der Waals surface area contributed by atoms with Crippen molar-refractivity contribution >= 4 is 22.8 Å². The van der Waals surface area contributed by atoms with E-state index in [0.29, 0.717) is 6.54 Å². The number of fused-ring (bicyclic) bond motifs is 1. The zero-order valence-electron chi connectivity index (χ0n) is 10.4. The number of anilines is 1. The van der Waals surface area contributed by atoms with Crippen molar-refractivity contribution in [3.63, 3.8) is 0 Å². The summed E-state index contributed by atoms with van der Waals surface area (Å²) in [6.07, 6.45) is 1.54. The largest absolute Gasteiger partial charge is 0.481 e. The number of carbonyl (C=O) groups is 1. The molecule has 1 aromatic heterocycles. The zero-order chi connectivity index (χ0) is 13.2. The molecule has 0 aliphatic carbocycles. The summed E-state index contributed by atoms with van der Waals surface area (Å²) in [6, 6.07) is 5.63. The van der Waals surface area contributed by atoms with Gasteiger partial charge in [0.1, 0.15) is 5.52 Å². The molecule has 2 rings (SSSR count). The number of oxazole rings is 1. The van der Waals surface area contributed by atoms with Crippen molar-refractivity contribution in [3.8, 4) is 0 Å². The maximum absolute atomic E-state index is 10.7. The van der Waals surface area contributed by atoms with Gasteiger partial charge in [0.15, 0.2) is 12.0 Å². The highest BCUT2D eigenvalue weighted by Gasteiger charge is 2.21. The summed E-state index contributed by atoms with van der Waals surface area (Å²) >= 11 is 0. The third kappa shape index (κ3) is 3.00. The molecule has 1 heterocycles. The molecule has 0 aliphatic heterocycles. The smallest absolute Gasteiger partial charge is 0.303 e. The van der Waals surface area contributed by atoms with E-state index in [0.717, 1.165) is 16.8 Å². The number of carboxylic acids is 1. The summed E-state index contributed by atoms with van der Waals surface area (Å²) in [5.41, 5.74) is 2.13. The molecular weight excluding hydrogens is 232 g/mol. The molecule has 18 heavy (non-hydrogen) atoms. The standard InChI is InChI=1S/C13H16N2O3/c1-13(2,6-12(16)17)7-14-9-3-4-10-11(5-9)18-8-15-10/h3-5,8,14H,6-7H2,1-2H3,(H,16,17). The minimum atomic E-state index is -0.785. The minimum absolute atomic E-state index is 0.130. The Balaban J connectivity index is 2.03. The maximum atomic E-state index is 10.7. The van der Waals surface area contributed by atoms with Crippen molar-refractivity contribution in [2.75, 3.05) is 11.9 Å². The lowest BCUT2D eigenvalue weighted by Gasteiger charge is -2.23. The second kappa shape index (κ2) is 4.68. The Bertz CT molecular complexity index is 560. The van der Waals surface area contributed by atoms with Crippen LogP contribution in [0.5, 0.6) is 0 Å². The number of hydrogen-bond acceptors (Lipinski definition) is 4. The molecule has 0 bridgehead atoms. The topological polar surface area (TPSA) is 75.4 Å². The van der Waals surface area contributed by atoms with Crippen LogP contribution >= 0.6 is 0 Å². The van der Waals surface area contributed by atoms with Crippen molar-refractivity contribution in [1.82, 2.24) is 4.98 Å². The highest BCUT2D eigenvalue weighted by atomic mass is 16.4. The second-order valence-electron chi connectivity index (χ2n) is 5.12. The van der Waals surface area contributed by atoms with Gasteiger partial charge in [-0.2, -0.15) is 0 Å². The van der Waals surface area contributed by atoms with Crippen LogP contribution in [0.25, 0.3) is 11.1 Å². The highest BCUT2D eigenvalue weighted by molar-refractivity contribution is 5.76. The Labute approximate surface area is 105 Å². The first-order valence-electron chi connectivity index (χ1n) is 5.75. The number of hydrogen-bond donors (Lipinski definition) is 2. The third-order valence-electron chi connectivity index (χ3n) is 2.73. The van der Waals surface area contributed by atoms with E-state index in [4.69, 9.17) is 9.52 Å². The fraction of sp³-hybridized carbons (Fsp3) is 0.385. The summed E-state index contributed by atoms with van der Waals surface area (Å²) < 4.78 is 5.21. The van der Waals surface area contributed by atoms with Crippen LogP contribution in [0.2, 0.25) is 0 Å². The Morgan fingerprint density at radius 1 is 1.50 bits per heavy atom. The zero-order valence-corrected chi connectivity index (χ0v) is 10.4. The first kappa shape index (κ1) is 12.4. The Morgan fingerprint density at radius 2 is 2.28 bits per heavy atom. The third-order valence-corrected chi connectivity index (χ3v) is 2.73. The monoisotopic (exact) mass is 248 g/mol. The van der Waals surface area contributed by atoms with Gasteiger partial charge in [-0.15, -0.1) is 0 Å². The quantitative estimate of drug-likeness (QED) is 0.850. The van der Waals surface area contributed by atoms with Crippen LogP contribution in [-0.2, 0) is 4.79 Å². The van der Waals surface area contributed by atoms with Crippen LogP contribution in [0.4, 0.5) is 5.69 Å². The van der Waals surface area contributed by atoms with Crippen LogP contribution in [0.15, 0.2) is 29.0 Å². The number of aromatic nitrogens is 1. The molecule has 0 amide bonds. The molecule has 5 nitrogen and oxygen atoms in total. The number of benzene rings is 1. The summed E-state index contributed by atoms with van der Waals surface area (Å²) in [5.74, 6) is -0.785. The predicted octanol–water partition coefficient (Wildman–Crippen LogP) is 2.74. The summed E-state index contributed by atoms with van der Waals surface area (Å²) in [5, 5.41) is 12.0. The van der Waals surface area contributed by atoms with Crippen molar-refractivity contribution < 1.29 is 14.3 Å². The fourth-order valence-electron chi connectivity index (χ4n) is 1.78. The maximum Gasteiger partial charge on any atom is 0.303 e. The van der Waals surface area contributed by atoms with E-state index >= 15 is 0 Å². The normalized spacial score (nSPS) is 11.7. The Hall–Kier alpha value is -2.04. The van der Waals surface area contributed by atoms with Crippen molar-refractivity contribution in [3.05, 3.63) is 24.6 Å². The number of nitrogens with zero attached hydrogens (tertiary/aromatic N) is 1. The van der Waals surface area contributed by atoms with Crippen LogP contribution in [0.3, 0.4) is 0 Å². The van der Waals surface area contributed by atoms with E-state index in [1.165, 1.54) is 6.39 Å². The van der Waals surface area contributed by atoms with Gasteiger partial charge in [0.2, 0.25) is 0 Å². The molecule has 0 spiro atoms. The number of carboxylic acid groups (broad SMARTS) is 1. The van der Waals surface area contributed by atoms with Gasteiger partial charge >= 0.3 is 5.97 Å². The average Bonchev–Trinajstić information content (AvgIpc) is 2.71. The second-order valence-corrected chi connectivity index (χ2v) is 5.12. The molecule has 0 aliphatic rings. The van der Waals surface area contributed by atoms with E-state index in [-0.39, 0.29) is 11.8 Å². The molecule has 0 fully saturated rings. The van der Waals surface area contributed by atoms with E-state index < -0.39 is 5.97 Å². The van der Waals surface area contributed by atoms with E-state index in [2.05, 4.69) is 10.3 Å². The molecule has 96 valence electrons. The van der Waals surface area contributed by atoms with Gasteiger partial charge in [-0.1, -0.05) is 13.8 Å². The minimum Gasteiger partial charge on any atom is -0.481 e. The molecule has 0 radical (unpaired) electrons. The van der Waals surface area contributed by atoms with Gasteiger partial charge in [0, 0.05) is 18.3 Å². The van der Waals surface area contributed by atoms with Gasteiger partial charge < -0.3 is 14.8 Å². The average molecular weight is 248 g/mol. The lowest BCUT2D eigenvalue weighted by Crippen LogP contribution is -2.26. The Kier molecular flexibility index (Phi) is 3.23. The molecule has 2 N–H and O–H groups in total. The summed E-state index contributed by atoms with van der Waals surface area (Å²) in [4.78, 5) is 14.8. The summed E-state index contributed by atoms with van der Waals surface area (Å²) in [7, 11) is 0. The lowest BCUT2D eigenvalue weighted by molar-refractivity contribution is -0.139. The van der Waals surface area contributed by atoms with Gasteiger partial charge in [0.05, 0.1) is 6.42 Å². The van der Waals surface area contributed by atoms with Crippen molar-refractivity contribution in [1.29, 1.82) is 0 Å². The highest BCUT2D eigenvalue weighted by Crippen LogP contribution is 2.23. The summed E-state index contributed by atoms with van der Waals surface area (Å²) in [6.45, 7) is 4.42. The van der Waals surface area contributed by atoms with E-state index in [1.807, 2.05) is 32.0 Å². The van der Waals surface area contributed by atoms with Crippen LogP contribution in [0, 0.1) is 5.41 Å². The number of nitrogens with one attached hydrogen (secondary N) is 1.